The third-order valence-corrected chi connectivity index (χ3v) is 17.7. The molecule has 40 heavy (non-hydrogen) atoms. The number of methoxy groups -OCH3 is 1. The molecule has 230 valence electrons. The summed E-state index contributed by atoms with van der Waals surface area (Å²) in [5, 5.41) is 0.250. The molecule has 6 nitrogen and oxygen atoms in total. The minimum absolute atomic E-state index is 0.0933. The normalized spacial score (nSPS) is 40.4. The SMILES string of the molecule is CO[C@@H]1C[C@@H]2CC(O[Si](C)(C)C(C)(C)C)CC[C@]2(C)[C@H]2CC[C@]3(C)[C@@H]([C@H](C)CCC(=O)NNC(C)=O)CC[C@H]3[C@H]12. The molecular weight excluding hydrogens is 516 g/mol. The summed E-state index contributed by atoms with van der Waals surface area (Å²) >= 11 is 0. The molecule has 4 fully saturated rings. The van der Waals surface area contributed by atoms with Gasteiger partial charge in [-0.25, -0.2) is 0 Å². The van der Waals surface area contributed by atoms with Crippen LogP contribution in [0.15, 0.2) is 0 Å². The van der Waals surface area contributed by atoms with Gasteiger partial charge in [0.05, 0.1) is 6.10 Å². The highest BCUT2D eigenvalue weighted by Gasteiger charge is 2.63. The summed E-state index contributed by atoms with van der Waals surface area (Å²) in [6, 6.07) is 0. The minimum Gasteiger partial charge on any atom is -0.414 e. The average molecular weight is 577 g/mol. The number of hydrogen-bond acceptors (Lipinski definition) is 4. The maximum absolute atomic E-state index is 12.3. The highest BCUT2D eigenvalue weighted by Crippen LogP contribution is 2.69. The van der Waals surface area contributed by atoms with Crippen LogP contribution in [-0.4, -0.2) is 39.4 Å². The van der Waals surface area contributed by atoms with E-state index >= 15 is 0 Å². The third kappa shape index (κ3) is 5.95. The molecule has 0 aromatic heterocycles. The van der Waals surface area contributed by atoms with Crippen molar-refractivity contribution in [3.05, 3.63) is 0 Å². The zero-order valence-corrected chi connectivity index (χ0v) is 28.3. The van der Waals surface area contributed by atoms with Crippen molar-refractivity contribution in [2.75, 3.05) is 7.11 Å². The van der Waals surface area contributed by atoms with Crippen LogP contribution in [0.2, 0.25) is 18.1 Å². The summed E-state index contributed by atoms with van der Waals surface area (Å²) in [5.41, 5.74) is 5.66. The van der Waals surface area contributed by atoms with Crippen molar-refractivity contribution >= 4 is 20.1 Å². The van der Waals surface area contributed by atoms with E-state index in [2.05, 4.69) is 65.5 Å². The highest BCUT2D eigenvalue weighted by atomic mass is 28.4. The molecule has 2 amide bonds. The van der Waals surface area contributed by atoms with Gasteiger partial charge < -0.3 is 9.16 Å². The lowest BCUT2D eigenvalue weighted by molar-refractivity contribution is -0.181. The molecule has 4 aliphatic carbocycles. The number of hydrogen-bond donors (Lipinski definition) is 2. The van der Waals surface area contributed by atoms with Crippen LogP contribution in [0.4, 0.5) is 0 Å². The van der Waals surface area contributed by atoms with Crippen molar-refractivity contribution in [3.8, 4) is 0 Å². The van der Waals surface area contributed by atoms with Crippen LogP contribution < -0.4 is 10.9 Å². The van der Waals surface area contributed by atoms with Gasteiger partial charge >= 0.3 is 0 Å². The zero-order chi connectivity index (χ0) is 29.7. The Bertz CT molecular complexity index is 934. The fraction of sp³-hybridized carbons (Fsp3) is 0.939. The number of carbonyl (C=O) groups is 2. The maximum Gasteiger partial charge on any atom is 0.238 e. The summed E-state index contributed by atoms with van der Waals surface area (Å²) in [4.78, 5) is 23.4. The summed E-state index contributed by atoms with van der Waals surface area (Å²) < 4.78 is 13.4. The van der Waals surface area contributed by atoms with E-state index in [0.717, 1.165) is 12.3 Å². The van der Waals surface area contributed by atoms with Gasteiger partial charge in [-0.15, -0.1) is 0 Å². The zero-order valence-electron chi connectivity index (χ0n) is 27.3. The van der Waals surface area contributed by atoms with Gasteiger partial charge in [-0.2, -0.15) is 0 Å². The van der Waals surface area contributed by atoms with Gasteiger partial charge in [-0.3, -0.25) is 20.4 Å². The molecule has 0 radical (unpaired) electrons. The highest BCUT2D eigenvalue weighted by molar-refractivity contribution is 6.74. The Labute approximate surface area is 246 Å². The number of hydrazine groups is 1. The number of ether oxygens (including phenoxy) is 1. The Hall–Kier alpha value is -0.923. The van der Waals surface area contributed by atoms with Crippen LogP contribution in [-0.2, 0) is 18.8 Å². The largest absolute Gasteiger partial charge is 0.414 e. The van der Waals surface area contributed by atoms with Gasteiger partial charge in [-0.1, -0.05) is 41.5 Å². The Morgan fingerprint density at radius 1 is 0.975 bits per heavy atom. The lowest BCUT2D eigenvalue weighted by Crippen LogP contribution is -2.59. The topological polar surface area (TPSA) is 76.7 Å². The van der Waals surface area contributed by atoms with Crippen molar-refractivity contribution in [1.29, 1.82) is 0 Å². The smallest absolute Gasteiger partial charge is 0.238 e. The number of fused-ring (bicyclic) bond motifs is 5. The monoisotopic (exact) mass is 576 g/mol. The Morgan fingerprint density at radius 3 is 2.25 bits per heavy atom. The molecule has 1 unspecified atom stereocenters. The molecule has 0 aliphatic heterocycles. The van der Waals surface area contributed by atoms with Crippen molar-refractivity contribution in [2.45, 2.75) is 143 Å². The lowest BCUT2D eigenvalue weighted by atomic mass is 9.43. The molecule has 0 saturated heterocycles. The van der Waals surface area contributed by atoms with Gasteiger partial charge in [0.25, 0.3) is 0 Å². The van der Waals surface area contributed by atoms with Crippen molar-refractivity contribution in [3.63, 3.8) is 0 Å². The maximum atomic E-state index is 12.3. The van der Waals surface area contributed by atoms with Gasteiger partial charge in [0, 0.05) is 26.6 Å². The first-order valence-corrected chi connectivity index (χ1v) is 19.2. The number of carbonyl (C=O) groups excluding carboxylic acids is 2. The fourth-order valence-corrected chi connectivity index (χ4v) is 11.3. The molecule has 4 saturated carbocycles. The summed E-state index contributed by atoms with van der Waals surface area (Å²) in [6.07, 6.45) is 12.1. The van der Waals surface area contributed by atoms with E-state index in [1.165, 1.54) is 58.3 Å². The molecule has 4 rings (SSSR count). The van der Waals surface area contributed by atoms with Crippen LogP contribution >= 0.6 is 0 Å². The van der Waals surface area contributed by atoms with Gasteiger partial charge in [0.15, 0.2) is 8.32 Å². The van der Waals surface area contributed by atoms with Crippen LogP contribution in [0.1, 0.15) is 113 Å². The van der Waals surface area contributed by atoms with Crippen LogP contribution in [0.5, 0.6) is 0 Å². The van der Waals surface area contributed by atoms with E-state index in [0.29, 0.717) is 59.0 Å². The van der Waals surface area contributed by atoms with E-state index in [1.54, 1.807) is 0 Å². The molecule has 2 N–H and O–H groups in total. The molecule has 4 aliphatic rings. The second-order valence-electron chi connectivity index (χ2n) is 16.3. The summed E-state index contributed by atoms with van der Waals surface area (Å²) in [7, 11) is 0.186. The first-order valence-electron chi connectivity index (χ1n) is 16.3. The van der Waals surface area contributed by atoms with E-state index in [-0.39, 0.29) is 16.9 Å². The standard InChI is InChI=1S/C33H60N2O4Si/c1-21(11-14-29(37)35-34-22(2)36)25-12-13-26-30-27(16-18-33(25,26)7)32(6)17-15-24(19-23(32)20-28(30)38-8)39-40(9,10)31(3,4)5/h21,23-28,30H,11-20H2,1-10H3,(H,34,36)(H,35,37)/t21-,23+,24?,25-,26+,27+,28-,30+,32+,33-/m1/s1. The van der Waals surface area contributed by atoms with Crippen LogP contribution in [0, 0.1) is 46.3 Å². The molecule has 7 heteroatoms. The minimum atomic E-state index is -1.78. The number of rotatable bonds is 7. The van der Waals surface area contributed by atoms with E-state index in [9.17, 15) is 9.59 Å². The fourth-order valence-electron chi connectivity index (χ4n) is 9.86. The van der Waals surface area contributed by atoms with Gasteiger partial charge in [-0.05, 0) is 122 Å². The molecular formula is C33H60N2O4Si. The number of amides is 2. The first kappa shape index (κ1) is 32.0. The summed E-state index contributed by atoms with van der Waals surface area (Å²) in [5.74, 6) is 3.57. The third-order valence-electron chi connectivity index (χ3n) is 13.1. The van der Waals surface area contributed by atoms with E-state index in [4.69, 9.17) is 9.16 Å². The molecule has 10 atom stereocenters. The first-order chi connectivity index (χ1) is 18.5. The second-order valence-corrected chi connectivity index (χ2v) is 21.0. The van der Waals surface area contributed by atoms with Crippen LogP contribution in [0.25, 0.3) is 0 Å². The van der Waals surface area contributed by atoms with Crippen molar-refractivity contribution < 1.29 is 18.8 Å². The van der Waals surface area contributed by atoms with Gasteiger partial charge in [0.1, 0.15) is 0 Å². The molecule has 0 aromatic rings. The Morgan fingerprint density at radius 2 is 1.62 bits per heavy atom. The second kappa shape index (κ2) is 11.6. The molecule has 0 bridgehead atoms. The Balaban J connectivity index is 1.45. The molecule has 0 aromatic carbocycles. The van der Waals surface area contributed by atoms with E-state index < -0.39 is 8.32 Å². The van der Waals surface area contributed by atoms with Crippen molar-refractivity contribution in [1.82, 2.24) is 10.9 Å². The van der Waals surface area contributed by atoms with Gasteiger partial charge in [0.2, 0.25) is 11.8 Å². The van der Waals surface area contributed by atoms with Crippen LogP contribution in [0.3, 0.4) is 0 Å². The Kier molecular flexibility index (Phi) is 9.31. The van der Waals surface area contributed by atoms with Crippen molar-refractivity contribution in [2.24, 2.45) is 46.3 Å². The molecule has 0 spiro atoms. The van der Waals surface area contributed by atoms with E-state index in [1.807, 2.05) is 7.11 Å². The summed E-state index contributed by atoms with van der Waals surface area (Å²) in [6.45, 7) is 20.9. The predicted octanol–water partition coefficient (Wildman–Crippen LogP) is 7.24. The quantitative estimate of drug-likeness (QED) is 0.247. The lowest BCUT2D eigenvalue weighted by Gasteiger charge is -2.63. The predicted molar refractivity (Wildman–Crippen MR) is 164 cm³/mol. The number of nitrogens with one attached hydrogen (secondary N) is 2. The molecule has 0 heterocycles. The average Bonchev–Trinajstić information content (AvgIpc) is 3.22.